The second-order valence-electron chi connectivity index (χ2n) is 5.29. The van der Waals surface area contributed by atoms with E-state index in [0.717, 1.165) is 12.1 Å². The average molecular weight is 340 g/mol. The Morgan fingerprint density at radius 1 is 1.29 bits per heavy atom. The first-order valence-electron chi connectivity index (χ1n) is 7.43. The number of hydrogen-bond acceptors (Lipinski definition) is 3. The van der Waals surface area contributed by atoms with Gasteiger partial charge < -0.3 is 20.9 Å². The number of nitrogens with zero attached hydrogens (tertiary/aromatic N) is 1. The van der Waals surface area contributed by atoms with Gasteiger partial charge in [0.05, 0.1) is 12.2 Å². The number of likely N-dealkylation sites (N-methyl/N-ethyl adjacent to an activating group) is 1. The molecule has 1 saturated heterocycles. The van der Waals surface area contributed by atoms with E-state index < -0.39 is 29.6 Å². The largest absolute Gasteiger partial charge is 0.357 e. The van der Waals surface area contributed by atoms with Gasteiger partial charge >= 0.3 is 6.03 Å². The van der Waals surface area contributed by atoms with Crippen LogP contribution in [-0.2, 0) is 9.59 Å². The summed E-state index contributed by atoms with van der Waals surface area (Å²) < 4.78 is 26.2. The molecule has 1 aliphatic heterocycles. The zero-order valence-corrected chi connectivity index (χ0v) is 13.1. The van der Waals surface area contributed by atoms with Crippen LogP contribution in [0.1, 0.15) is 12.8 Å². The highest BCUT2D eigenvalue weighted by molar-refractivity contribution is 5.94. The summed E-state index contributed by atoms with van der Waals surface area (Å²) in [6.07, 6.45) is 1.27. The molecular weight excluding hydrogens is 322 g/mol. The maximum Gasteiger partial charge on any atom is 0.319 e. The Bertz CT molecular complexity index is 654. The third-order valence-corrected chi connectivity index (χ3v) is 3.70. The number of likely N-dealkylation sites (tertiary alicyclic amines) is 1. The monoisotopic (exact) mass is 340 g/mol. The van der Waals surface area contributed by atoms with Gasteiger partial charge in [-0.1, -0.05) is 0 Å². The summed E-state index contributed by atoms with van der Waals surface area (Å²) in [6, 6.07) is 1.38. The minimum absolute atomic E-state index is 0.203. The predicted octanol–water partition coefficient (Wildman–Crippen LogP) is 0.823. The van der Waals surface area contributed by atoms with Gasteiger partial charge in [0.1, 0.15) is 17.7 Å². The Hall–Kier alpha value is -2.71. The van der Waals surface area contributed by atoms with E-state index in [9.17, 15) is 23.2 Å². The zero-order valence-electron chi connectivity index (χ0n) is 13.1. The minimum atomic E-state index is -0.921. The lowest BCUT2D eigenvalue weighted by Gasteiger charge is -2.23. The molecule has 7 nitrogen and oxygen atoms in total. The molecule has 0 unspecified atom stereocenters. The van der Waals surface area contributed by atoms with Crippen LogP contribution < -0.4 is 16.0 Å². The lowest BCUT2D eigenvalue weighted by molar-refractivity contribution is -0.137. The number of benzene rings is 1. The highest BCUT2D eigenvalue weighted by Crippen LogP contribution is 2.17. The summed E-state index contributed by atoms with van der Waals surface area (Å²) in [4.78, 5) is 36.9. The Balaban J connectivity index is 1.87. The number of nitrogens with one attached hydrogen (secondary N) is 3. The number of urea groups is 1. The SMILES string of the molecule is CNC(=O)[C@H]1CCCN1C(=O)CNC(=O)Nc1ccc(F)cc1F. The molecule has 1 fully saturated rings. The maximum atomic E-state index is 13.4. The third kappa shape index (κ3) is 4.18. The molecule has 0 aromatic heterocycles. The molecule has 3 N–H and O–H groups in total. The van der Waals surface area contributed by atoms with Crippen molar-refractivity contribution in [2.45, 2.75) is 18.9 Å². The average Bonchev–Trinajstić information content (AvgIpc) is 3.04. The number of rotatable bonds is 4. The summed E-state index contributed by atoms with van der Waals surface area (Å²) >= 11 is 0. The normalized spacial score (nSPS) is 16.6. The van der Waals surface area contributed by atoms with Gasteiger partial charge in [0, 0.05) is 19.7 Å². The summed E-state index contributed by atoms with van der Waals surface area (Å²) in [5, 5.41) is 6.98. The molecule has 1 atom stereocenters. The van der Waals surface area contributed by atoms with E-state index in [1.54, 1.807) is 0 Å². The lowest BCUT2D eigenvalue weighted by Crippen LogP contribution is -2.48. The number of halogens is 2. The molecule has 4 amide bonds. The first-order chi connectivity index (χ1) is 11.4. The van der Waals surface area contributed by atoms with Gasteiger partial charge in [0.25, 0.3) is 0 Å². The van der Waals surface area contributed by atoms with E-state index in [1.807, 2.05) is 0 Å². The van der Waals surface area contributed by atoms with E-state index in [2.05, 4.69) is 16.0 Å². The quantitative estimate of drug-likeness (QED) is 0.758. The topological polar surface area (TPSA) is 90.5 Å². The molecule has 0 saturated carbocycles. The van der Waals surface area contributed by atoms with Crippen molar-refractivity contribution in [1.82, 2.24) is 15.5 Å². The Morgan fingerprint density at radius 3 is 2.71 bits per heavy atom. The lowest BCUT2D eigenvalue weighted by atomic mass is 10.2. The Morgan fingerprint density at radius 2 is 2.04 bits per heavy atom. The fraction of sp³-hybridized carbons (Fsp3) is 0.400. The van der Waals surface area contributed by atoms with E-state index in [4.69, 9.17) is 0 Å². The molecular formula is C15H18F2N4O3. The van der Waals surface area contributed by atoms with E-state index in [1.165, 1.54) is 11.9 Å². The van der Waals surface area contributed by atoms with Crippen LogP contribution >= 0.6 is 0 Å². The van der Waals surface area contributed by atoms with Crippen molar-refractivity contribution in [2.24, 2.45) is 0 Å². The van der Waals surface area contributed by atoms with Crippen molar-refractivity contribution in [3.8, 4) is 0 Å². The van der Waals surface area contributed by atoms with Gasteiger partial charge in [-0.25, -0.2) is 13.6 Å². The van der Waals surface area contributed by atoms with Gasteiger partial charge in [-0.2, -0.15) is 0 Å². The molecule has 0 spiro atoms. The first kappa shape index (κ1) is 17.6. The number of anilines is 1. The van der Waals surface area contributed by atoms with E-state index in [-0.39, 0.29) is 18.1 Å². The third-order valence-electron chi connectivity index (χ3n) is 3.70. The van der Waals surface area contributed by atoms with Gasteiger partial charge in [-0.15, -0.1) is 0 Å². The van der Waals surface area contributed by atoms with Gasteiger partial charge in [0.15, 0.2) is 0 Å². The van der Waals surface area contributed by atoms with Crippen LogP contribution in [0.25, 0.3) is 0 Å². The predicted molar refractivity (Wildman–Crippen MR) is 82.2 cm³/mol. The standard InChI is InChI=1S/C15H18F2N4O3/c1-18-14(23)12-3-2-6-21(12)13(22)8-19-15(24)20-11-5-4-9(16)7-10(11)17/h4-5,7,12H,2-3,6,8H2,1H3,(H,18,23)(H2,19,20,24)/t12-/m1/s1. The zero-order chi connectivity index (χ0) is 17.7. The minimum Gasteiger partial charge on any atom is -0.357 e. The first-order valence-corrected chi connectivity index (χ1v) is 7.43. The van der Waals surface area contributed by atoms with Crippen molar-refractivity contribution < 1.29 is 23.2 Å². The van der Waals surface area contributed by atoms with Gasteiger partial charge in [0.2, 0.25) is 11.8 Å². The highest BCUT2D eigenvalue weighted by Gasteiger charge is 2.33. The summed E-state index contributed by atoms with van der Waals surface area (Å²) in [5.41, 5.74) is -0.203. The van der Waals surface area contributed by atoms with Crippen LogP contribution in [0.5, 0.6) is 0 Å². The fourth-order valence-corrected chi connectivity index (χ4v) is 2.52. The van der Waals surface area contributed by atoms with Crippen molar-refractivity contribution in [2.75, 3.05) is 25.5 Å². The summed E-state index contributed by atoms with van der Waals surface area (Å²) in [5.74, 6) is -2.34. The van der Waals surface area contributed by atoms with Crippen LogP contribution in [0.2, 0.25) is 0 Å². The van der Waals surface area contributed by atoms with Crippen LogP contribution in [0.3, 0.4) is 0 Å². The van der Waals surface area contributed by atoms with Crippen LogP contribution in [0.15, 0.2) is 18.2 Å². The van der Waals surface area contributed by atoms with E-state index in [0.29, 0.717) is 25.5 Å². The highest BCUT2D eigenvalue weighted by atomic mass is 19.1. The van der Waals surface area contributed by atoms with Crippen molar-refractivity contribution in [1.29, 1.82) is 0 Å². The maximum absolute atomic E-state index is 13.4. The number of hydrogen-bond donors (Lipinski definition) is 3. The van der Waals surface area contributed by atoms with Gasteiger partial charge in [-0.05, 0) is 25.0 Å². The molecule has 9 heteroatoms. The molecule has 1 aliphatic rings. The molecule has 0 aliphatic carbocycles. The molecule has 24 heavy (non-hydrogen) atoms. The number of amides is 4. The number of carbonyl (C=O) groups excluding carboxylic acids is 3. The Labute approximate surface area is 137 Å². The summed E-state index contributed by atoms with van der Waals surface area (Å²) in [6.45, 7) is 0.106. The molecule has 2 rings (SSSR count). The molecule has 1 heterocycles. The van der Waals surface area contributed by atoms with Crippen molar-refractivity contribution in [3.63, 3.8) is 0 Å². The molecule has 0 radical (unpaired) electrons. The second-order valence-corrected chi connectivity index (χ2v) is 5.29. The van der Waals surface area contributed by atoms with Gasteiger partial charge in [-0.3, -0.25) is 9.59 Å². The van der Waals surface area contributed by atoms with Crippen LogP contribution in [0, 0.1) is 11.6 Å². The molecule has 1 aromatic carbocycles. The molecule has 0 bridgehead atoms. The number of carbonyl (C=O) groups is 3. The molecule has 130 valence electrons. The molecule has 1 aromatic rings. The fourth-order valence-electron chi connectivity index (χ4n) is 2.52. The summed E-state index contributed by atoms with van der Waals surface area (Å²) in [7, 11) is 1.49. The van der Waals surface area contributed by atoms with Crippen LogP contribution in [0.4, 0.5) is 19.3 Å². The van der Waals surface area contributed by atoms with Crippen molar-refractivity contribution >= 4 is 23.5 Å². The Kier molecular flexibility index (Phi) is 5.67. The second kappa shape index (κ2) is 7.71. The van der Waals surface area contributed by atoms with Crippen LogP contribution in [-0.4, -0.2) is 48.9 Å². The smallest absolute Gasteiger partial charge is 0.319 e. The van der Waals surface area contributed by atoms with E-state index >= 15 is 0 Å². The van der Waals surface area contributed by atoms with Crippen molar-refractivity contribution in [3.05, 3.63) is 29.8 Å².